The predicted octanol–water partition coefficient (Wildman–Crippen LogP) is -1.52. The van der Waals surface area contributed by atoms with Crippen LogP contribution < -0.4 is 0 Å². The molecule has 0 radical (unpaired) electrons. The van der Waals surface area contributed by atoms with Crippen molar-refractivity contribution in [2.75, 3.05) is 6.61 Å². The molecule has 0 saturated carbocycles. The highest BCUT2D eigenvalue weighted by Crippen LogP contribution is 2.32. The third-order valence-electron chi connectivity index (χ3n) is 3.98. The lowest BCUT2D eigenvalue weighted by Gasteiger charge is -2.39. The van der Waals surface area contributed by atoms with Gasteiger partial charge in [-0.15, -0.1) is 0 Å². The lowest BCUT2D eigenvalue weighted by Crippen LogP contribution is -2.57. The largest absolute Gasteiger partial charge is 0.508 e. The van der Waals surface area contributed by atoms with E-state index in [0.717, 1.165) is 0 Å². The van der Waals surface area contributed by atoms with Crippen LogP contribution in [0.5, 0.6) is 5.75 Å². The molecule has 1 aliphatic heterocycles. The molecule has 29 heavy (non-hydrogen) atoms. The van der Waals surface area contributed by atoms with Crippen molar-refractivity contribution >= 4 is 27.2 Å². The van der Waals surface area contributed by atoms with Gasteiger partial charge in [-0.3, -0.25) is 4.55 Å². The van der Waals surface area contributed by atoms with E-state index in [2.05, 4.69) is 9.44 Å². The molecule has 0 amide bonds. The number of thioether (sulfide) groups is 1. The highest BCUT2D eigenvalue weighted by Gasteiger charge is 2.44. The number of aliphatic hydroxyl groups excluding tert-OH is 5. The van der Waals surface area contributed by atoms with E-state index in [-0.39, 0.29) is 17.2 Å². The minimum absolute atomic E-state index is 0.0414. The highest BCUT2D eigenvalue weighted by atomic mass is 32.3. The normalized spacial score (nSPS) is 29.4. The van der Waals surface area contributed by atoms with Crippen LogP contribution in [0.15, 0.2) is 29.4 Å². The topological polar surface area (TPSA) is 207 Å². The lowest BCUT2D eigenvalue weighted by molar-refractivity contribution is -0.205. The Morgan fingerprint density at radius 3 is 2.34 bits per heavy atom. The number of aromatic hydroxyl groups is 1. The summed E-state index contributed by atoms with van der Waals surface area (Å²) < 4.78 is 39.6. The minimum atomic E-state index is -4.96. The fourth-order valence-electron chi connectivity index (χ4n) is 2.47. The molecule has 7 N–H and O–H groups in total. The smallest absolute Gasteiger partial charge is 0.466 e. The molecule has 0 bridgehead atoms. The number of ether oxygens (including phenoxy) is 1. The lowest BCUT2D eigenvalue weighted by atomic mass is 10.0. The molecular weight excluding hydrogens is 434 g/mol. The van der Waals surface area contributed by atoms with Gasteiger partial charge in [0.2, 0.25) is 0 Å². The fraction of sp³-hybridized carbons (Fsp3) is 0.533. The molecule has 1 heterocycles. The summed E-state index contributed by atoms with van der Waals surface area (Å²) in [5.74, 6) is -0.0414. The second-order valence-electron chi connectivity index (χ2n) is 6.11. The second kappa shape index (κ2) is 10.0. The molecule has 0 spiro atoms. The number of hydrogen-bond acceptors (Lipinski definition) is 12. The summed E-state index contributed by atoms with van der Waals surface area (Å²) in [6.07, 6.45) is -7.75. The van der Waals surface area contributed by atoms with Crippen LogP contribution in [-0.4, -0.2) is 85.1 Å². The molecular formula is C15H21NO11S2. The summed E-state index contributed by atoms with van der Waals surface area (Å²) in [7, 11) is -4.96. The van der Waals surface area contributed by atoms with Crippen molar-refractivity contribution in [1.29, 1.82) is 0 Å². The van der Waals surface area contributed by atoms with Crippen LogP contribution in [0, 0.1) is 0 Å². The maximum Gasteiger partial charge on any atom is 0.466 e. The zero-order valence-electron chi connectivity index (χ0n) is 14.7. The van der Waals surface area contributed by atoms with Crippen LogP contribution in [0.3, 0.4) is 0 Å². The van der Waals surface area contributed by atoms with Crippen molar-refractivity contribution in [3.63, 3.8) is 0 Å². The average molecular weight is 455 g/mol. The molecule has 1 aliphatic rings. The first-order chi connectivity index (χ1) is 13.5. The van der Waals surface area contributed by atoms with E-state index >= 15 is 0 Å². The fourth-order valence-corrected chi connectivity index (χ4v) is 3.81. The maximum atomic E-state index is 10.8. The van der Waals surface area contributed by atoms with E-state index in [1.165, 1.54) is 24.3 Å². The van der Waals surface area contributed by atoms with Crippen molar-refractivity contribution in [3.05, 3.63) is 29.8 Å². The SMILES string of the molecule is O=S(=O)(O)ON=C(CC(O)c1ccc(O)cc1)SC1OC(CO)C(O)C(O)C1O. The summed E-state index contributed by atoms with van der Waals surface area (Å²) in [6.45, 7) is -0.674. The molecule has 1 fully saturated rings. The van der Waals surface area contributed by atoms with E-state index in [4.69, 9.17) is 9.29 Å². The Balaban J connectivity index is 2.20. The summed E-state index contributed by atoms with van der Waals surface area (Å²) in [4.78, 5) is 0. The predicted molar refractivity (Wildman–Crippen MR) is 99.1 cm³/mol. The quantitative estimate of drug-likeness (QED) is 0.108. The molecule has 164 valence electrons. The first-order valence-corrected chi connectivity index (χ1v) is 10.4. The summed E-state index contributed by atoms with van der Waals surface area (Å²) in [5.41, 5.74) is -0.988. The van der Waals surface area contributed by atoms with Gasteiger partial charge < -0.3 is 35.4 Å². The van der Waals surface area contributed by atoms with Crippen LogP contribution >= 0.6 is 11.8 Å². The molecule has 1 saturated heterocycles. The van der Waals surface area contributed by atoms with Crippen molar-refractivity contribution in [3.8, 4) is 5.75 Å². The number of benzene rings is 1. The van der Waals surface area contributed by atoms with Gasteiger partial charge in [-0.2, -0.15) is 8.42 Å². The van der Waals surface area contributed by atoms with E-state index in [1.54, 1.807) is 0 Å². The third-order valence-corrected chi connectivity index (χ3v) is 5.38. The Bertz CT molecular complexity index is 799. The number of oxime groups is 1. The zero-order valence-corrected chi connectivity index (χ0v) is 16.3. The Kier molecular flexibility index (Phi) is 8.21. The molecule has 14 heteroatoms. The number of phenols is 1. The van der Waals surface area contributed by atoms with Crippen LogP contribution in [-0.2, 0) is 19.4 Å². The maximum absolute atomic E-state index is 10.8. The Hall–Kier alpha value is -1.49. The Morgan fingerprint density at radius 1 is 1.17 bits per heavy atom. The molecule has 1 aromatic carbocycles. The summed E-state index contributed by atoms with van der Waals surface area (Å²) in [6, 6.07) is 5.43. The van der Waals surface area contributed by atoms with Crippen LogP contribution in [0.4, 0.5) is 0 Å². The average Bonchev–Trinajstić information content (AvgIpc) is 2.66. The summed E-state index contributed by atoms with van der Waals surface area (Å²) >= 11 is 0.551. The van der Waals surface area contributed by atoms with Crippen LogP contribution in [0.25, 0.3) is 0 Å². The van der Waals surface area contributed by atoms with Crippen molar-refractivity contribution in [2.45, 2.75) is 42.4 Å². The van der Waals surface area contributed by atoms with E-state index in [0.29, 0.717) is 17.3 Å². The molecule has 6 atom stereocenters. The Labute approximate surface area is 170 Å². The third kappa shape index (κ3) is 6.77. The van der Waals surface area contributed by atoms with E-state index < -0.39 is 53.0 Å². The van der Waals surface area contributed by atoms with Gasteiger partial charge in [-0.1, -0.05) is 29.1 Å². The molecule has 0 aliphatic carbocycles. The standard InChI is InChI=1S/C15H21NO11S2/c17-6-10-12(20)13(21)14(22)15(26-10)28-11(16-27-29(23,24)25)5-9(19)7-1-3-8(18)4-2-7/h1-4,9-10,12-15,17-22H,5-6H2,(H,23,24,25). The van der Waals surface area contributed by atoms with Gasteiger partial charge in [-0.25, -0.2) is 4.28 Å². The van der Waals surface area contributed by atoms with E-state index in [9.17, 15) is 39.1 Å². The van der Waals surface area contributed by atoms with Crippen molar-refractivity contribution < 1.29 is 52.6 Å². The first-order valence-electron chi connectivity index (χ1n) is 8.19. The van der Waals surface area contributed by atoms with Gasteiger partial charge in [-0.05, 0) is 17.7 Å². The highest BCUT2D eigenvalue weighted by molar-refractivity contribution is 8.14. The number of phenolic OH excluding ortho intramolecular Hbond substituents is 1. The van der Waals surface area contributed by atoms with Crippen LogP contribution in [0.2, 0.25) is 0 Å². The minimum Gasteiger partial charge on any atom is -0.508 e. The molecule has 12 nitrogen and oxygen atoms in total. The van der Waals surface area contributed by atoms with Gasteiger partial charge >= 0.3 is 10.4 Å². The monoisotopic (exact) mass is 455 g/mol. The van der Waals surface area contributed by atoms with E-state index in [1.807, 2.05) is 0 Å². The zero-order chi connectivity index (χ0) is 21.8. The summed E-state index contributed by atoms with van der Waals surface area (Å²) in [5, 5.41) is 61.6. The first kappa shape index (κ1) is 23.8. The molecule has 2 rings (SSSR count). The number of aliphatic hydroxyl groups is 5. The molecule has 6 unspecified atom stereocenters. The Morgan fingerprint density at radius 2 is 1.79 bits per heavy atom. The van der Waals surface area contributed by atoms with Crippen molar-refractivity contribution in [1.82, 2.24) is 0 Å². The van der Waals surface area contributed by atoms with Gasteiger partial charge in [0.15, 0.2) is 0 Å². The van der Waals surface area contributed by atoms with Gasteiger partial charge in [0.05, 0.1) is 12.7 Å². The number of rotatable bonds is 7. The van der Waals surface area contributed by atoms with Crippen LogP contribution in [0.1, 0.15) is 18.1 Å². The molecule has 1 aromatic rings. The van der Waals surface area contributed by atoms with Gasteiger partial charge in [0.1, 0.15) is 40.6 Å². The number of hydrogen-bond donors (Lipinski definition) is 7. The van der Waals surface area contributed by atoms with Gasteiger partial charge in [0.25, 0.3) is 0 Å². The van der Waals surface area contributed by atoms with Crippen molar-refractivity contribution in [2.24, 2.45) is 5.16 Å². The second-order valence-corrected chi connectivity index (χ2v) is 8.29. The van der Waals surface area contributed by atoms with Gasteiger partial charge in [0, 0.05) is 6.42 Å². The number of nitrogens with zero attached hydrogens (tertiary/aromatic N) is 1. The molecule has 0 aromatic heterocycles.